The average Bonchev–Trinajstić information content (AvgIpc) is 2.41. The smallest absolute Gasteiger partial charge is 0.308 e. The van der Waals surface area contributed by atoms with Crippen LogP contribution >= 0.6 is 0 Å². The zero-order valence-electron chi connectivity index (χ0n) is 12.1. The largest absolute Gasteiger partial charge is 0.469 e. The minimum atomic E-state index is 0.00186. The van der Waals surface area contributed by atoms with Crippen molar-refractivity contribution in [1.29, 1.82) is 0 Å². The Kier molecular flexibility index (Phi) is 10.3. The first-order chi connectivity index (χ1) is 8.27. The number of carbonyl (C=O) groups excluding carboxylic acids is 1. The van der Waals surface area contributed by atoms with Crippen molar-refractivity contribution in [3.05, 3.63) is 0 Å². The van der Waals surface area contributed by atoms with Gasteiger partial charge in [-0.2, -0.15) is 0 Å². The molecule has 0 amide bonds. The summed E-state index contributed by atoms with van der Waals surface area (Å²) in [7, 11) is 1.50. The first-order valence-electron chi connectivity index (χ1n) is 7.35. The summed E-state index contributed by atoms with van der Waals surface area (Å²) in [5, 5.41) is 0. The van der Waals surface area contributed by atoms with Crippen molar-refractivity contribution in [3.63, 3.8) is 0 Å². The molecule has 0 unspecified atom stereocenters. The van der Waals surface area contributed by atoms with Crippen LogP contribution in [0.4, 0.5) is 0 Å². The van der Waals surface area contributed by atoms with Gasteiger partial charge >= 0.3 is 5.97 Å². The Morgan fingerprint density at radius 3 is 2.18 bits per heavy atom. The summed E-state index contributed by atoms with van der Waals surface area (Å²) < 4.78 is 4.78. The van der Waals surface area contributed by atoms with E-state index in [1.54, 1.807) is 0 Å². The molecule has 2 heteroatoms. The molecule has 0 aromatic heterocycles. The van der Waals surface area contributed by atoms with E-state index in [1.165, 1.54) is 45.6 Å². The molecule has 0 saturated heterocycles. The van der Waals surface area contributed by atoms with Crippen LogP contribution in [0.15, 0.2) is 0 Å². The molecule has 1 rings (SSSR count). The van der Waals surface area contributed by atoms with Crippen molar-refractivity contribution >= 4 is 5.97 Å². The van der Waals surface area contributed by atoms with Crippen LogP contribution in [0, 0.1) is 11.8 Å². The number of hydrogen-bond acceptors (Lipinski definition) is 2. The van der Waals surface area contributed by atoms with Crippen LogP contribution in [0.25, 0.3) is 0 Å². The SMILES string of the molecule is CC.CCCCCC1CCC(C(=O)OC)CC1. The number of ether oxygens (including phenoxy) is 1. The minimum Gasteiger partial charge on any atom is -0.469 e. The molecule has 0 aromatic rings. The second kappa shape index (κ2) is 10.6. The van der Waals surface area contributed by atoms with Crippen LogP contribution < -0.4 is 0 Å². The highest BCUT2D eigenvalue weighted by atomic mass is 16.5. The van der Waals surface area contributed by atoms with E-state index in [9.17, 15) is 4.79 Å². The lowest BCUT2D eigenvalue weighted by atomic mass is 9.80. The summed E-state index contributed by atoms with van der Waals surface area (Å²) >= 11 is 0. The molecule has 1 saturated carbocycles. The fraction of sp³-hybridized carbons (Fsp3) is 0.933. The third-order valence-corrected chi connectivity index (χ3v) is 3.60. The van der Waals surface area contributed by atoms with Crippen molar-refractivity contribution in [3.8, 4) is 0 Å². The van der Waals surface area contributed by atoms with Crippen molar-refractivity contribution < 1.29 is 9.53 Å². The quantitative estimate of drug-likeness (QED) is 0.521. The monoisotopic (exact) mass is 242 g/mol. The van der Waals surface area contributed by atoms with E-state index in [4.69, 9.17) is 4.74 Å². The summed E-state index contributed by atoms with van der Waals surface area (Å²) in [5.41, 5.74) is 0. The van der Waals surface area contributed by atoms with Gasteiger partial charge in [0.15, 0.2) is 0 Å². The molecule has 0 aliphatic heterocycles. The maximum atomic E-state index is 11.3. The molecule has 102 valence electrons. The molecule has 0 bridgehead atoms. The van der Waals surface area contributed by atoms with Gasteiger partial charge in [-0.1, -0.05) is 46.5 Å². The molecule has 0 spiro atoms. The van der Waals surface area contributed by atoms with E-state index < -0.39 is 0 Å². The van der Waals surface area contributed by atoms with Gasteiger partial charge in [-0.25, -0.2) is 0 Å². The Bertz CT molecular complexity index is 181. The summed E-state index contributed by atoms with van der Waals surface area (Å²) in [6, 6.07) is 0. The maximum absolute atomic E-state index is 11.3. The van der Waals surface area contributed by atoms with Crippen molar-refractivity contribution in [2.45, 2.75) is 72.1 Å². The van der Waals surface area contributed by atoms with Crippen molar-refractivity contribution in [2.75, 3.05) is 7.11 Å². The van der Waals surface area contributed by atoms with E-state index in [0.29, 0.717) is 0 Å². The van der Waals surface area contributed by atoms with Crippen molar-refractivity contribution in [1.82, 2.24) is 0 Å². The summed E-state index contributed by atoms with van der Waals surface area (Å²) in [6.45, 7) is 6.24. The number of hydrogen-bond donors (Lipinski definition) is 0. The second-order valence-electron chi connectivity index (χ2n) is 4.74. The van der Waals surface area contributed by atoms with Gasteiger partial charge < -0.3 is 4.74 Å². The predicted molar refractivity (Wildman–Crippen MR) is 73.0 cm³/mol. The fourth-order valence-electron chi connectivity index (χ4n) is 2.54. The molecule has 1 aliphatic carbocycles. The lowest BCUT2D eigenvalue weighted by molar-refractivity contribution is -0.146. The van der Waals surface area contributed by atoms with Gasteiger partial charge in [0.1, 0.15) is 0 Å². The second-order valence-corrected chi connectivity index (χ2v) is 4.74. The number of methoxy groups -OCH3 is 1. The minimum absolute atomic E-state index is 0.00186. The standard InChI is InChI=1S/C13H24O2.C2H6/c1-3-4-5-6-11-7-9-12(10-8-11)13(14)15-2;1-2/h11-12H,3-10H2,1-2H3;1-2H3. The Morgan fingerprint density at radius 1 is 1.12 bits per heavy atom. The van der Waals surface area contributed by atoms with Crippen LogP contribution in [-0.2, 0) is 9.53 Å². The van der Waals surface area contributed by atoms with Gasteiger partial charge in [0.2, 0.25) is 0 Å². The third-order valence-electron chi connectivity index (χ3n) is 3.60. The number of unbranched alkanes of at least 4 members (excludes halogenated alkanes) is 2. The topological polar surface area (TPSA) is 26.3 Å². The van der Waals surface area contributed by atoms with E-state index in [-0.39, 0.29) is 11.9 Å². The summed E-state index contributed by atoms with van der Waals surface area (Å²) in [4.78, 5) is 11.3. The number of rotatable bonds is 5. The van der Waals surface area contributed by atoms with Gasteiger partial charge in [0.05, 0.1) is 13.0 Å². The third kappa shape index (κ3) is 6.70. The molecule has 1 fully saturated rings. The molecule has 0 N–H and O–H groups in total. The van der Waals surface area contributed by atoms with Gasteiger partial charge in [-0.05, 0) is 31.6 Å². The van der Waals surface area contributed by atoms with Gasteiger partial charge in [0, 0.05) is 0 Å². The van der Waals surface area contributed by atoms with Crippen molar-refractivity contribution in [2.24, 2.45) is 11.8 Å². The highest BCUT2D eigenvalue weighted by Crippen LogP contribution is 2.32. The highest BCUT2D eigenvalue weighted by molar-refractivity contribution is 5.72. The highest BCUT2D eigenvalue weighted by Gasteiger charge is 2.26. The van der Waals surface area contributed by atoms with Crippen LogP contribution in [0.1, 0.15) is 72.1 Å². The molecule has 2 nitrogen and oxygen atoms in total. The number of esters is 1. The zero-order valence-corrected chi connectivity index (χ0v) is 12.1. The predicted octanol–water partition coefficient (Wildman–Crippen LogP) is 4.57. The van der Waals surface area contributed by atoms with Crippen LogP contribution in [0.2, 0.25) is 0 Å². The first kappa shape index (κ1) is 16.5. The molecule has 1 aliphatic rings. The van der Waals surface area contributed by atoms with Crippen LogP contribution in [0.5, 0.6) is 0 Å². The lowest BCUT2D eigenvalue weighted by Crippen LogP contribution is -2.22. The van der Waals surface area contributed by atoms with E-state index >= 15 is 0 Å². The average molecular weight is 242 g/mol. The first-order valence-corrected chi connectivity index (χ1v) is 7.35. The molecule has 17 heavy (non-hydrogen) atoms. The molecule has 0 aromatic carbocycles. The Balaban J connectivity index is 0.00000121. The summed E-state index contributed by atoms with van der Waals surface area (Å²) in [5.74, 6) is 1.07. The van der Waals surface area contributed by atoms with E-state index in [1.807, 2.05) is 13.8 Å². The van der Waals surface area contributed by atoms with Gasteiger partial charge in [-0.3, -0.25) is 4.79 Å². The Hall–Kier alpha value is -0.530. The molecular formula is C15H30O2. The maximum Gasteiger partial charge on any atom is 0.308 e. The van der Waals surface area contributed by atoms with Crippen LogP contribution in [0.3, 0.4) is 0 Å². The Morgan fingerprint density at radius 2 is 1.71 bits per heavy atom. The van der Waals surface area contributed by atoms with Gasteiger partial charge in [0.25, 0.3) is 0 Å². The van der Waals surface area contributed by atoms with E-state index in [2.05, 4.69) is 6.92 Å². The molecule has 0 heterocycles. The van der Waals surface area contributed by atoms with Crippen LogP contribution in [-0.4, -0.2) is 13.1 Å². The van der Waals surface area contributed by atoms with E-state index in [0.717, 1.165) is 18.8 Å². The summed E-state index contributed by atoms with van der Waals surface area (Å²) in [6.07, 6.45) is 9.93. The molecular weight excluding hydrogens is 212 g/mol. The number of carbonyl (C=O) groups is 1. The molecule has 0 atom stereocenters. The zero-order chi connectivity index (χ0) is 13.1. The van der Waals surface area contributed by atoms with Gasteiger partial charge in [-0.15, -0.1) is 0 Å². The fourth-order valence-corrected chi connectivity index (χ4v) is 2.54. The lowest BCUT2D eigenvalue weighted by Gasteiger charge is -2.26. The normalized spacial score (nSPS) is 23.5. The molecule has 0 radical (unpaired) electrons. The Labute approximate surface area is 107 Å².